The van der Waals surface area contributed by atoms with E-state index in [9.17, 15) is 4.79 Å². The van der Waals surface area contributed by atoms with Crippen molar-refractivity contribution in [2.75, 3.05) is 12.0 Å². The number of halogens is 1. The van der Waals surface area contributed by atoms with Crippen molar-refractivity contribution in [3.05, 3.63) is 106 Å². The van der Waals surface area contributed by atoms with Gasteiger partial charge in [0.1, 0.15) is 5.75 Å². The average molecular weight is 464 g/mol. The van der Waals surface area contributed by atoms with Gasteiger partial charge in [-0.3, -0.25) is 9.69 Å². The highest BCUT2D eigenvalue weighted by molar-refractivity contribution is 8.27. The quantitative estimate of drug-likeness (QED) is 0.235. The van der Waals surface area contributed by atoms with Crippen molar-refractivity contribution in [2.24, 2.45) is 0 Å². The third-order valence-corrected chi connectivity index (χ3v) is 6.26. The van der Waals surface area contributed by atoms with Gasteiger partial charge in [0.2, 0.25) is 0 Å². The summed E-state index contributed by atoms with van der Waals surface area (Å²) in [6.45, 7) is 0. The Balaban J connectivity index is 1.71. The van der Waals surface area contributed by atoms with Crippen molar-refractivity contribution < 1.29 is 9.53 Å². The van der Waals surface area contributed by atoms with E-state index in [2.05, 4.69) is 0 Å². The number of nitrogens with zero attached hydrogens (tertiary/aromatic N) is 1. The van der Waals surface area contributed by atoms with Crippen LogP contribution in [0.25, 0.3) is 11.6 Å². The predicted octanol–water partition coefficient (Wildman–Crippen LogP) is 6.84. The maximum atomic E-state index is 13.2. The summed E-state index contributed by atoms with van der Waals surface area (Å²) in [5, 5.41) is 0.661. The van der Waals surface area contributed by atoms with Crippen LogP contribution in [0.1, 0.15) is 11.1 Å². The van der Waals surface area contributed by atoms with E-state index < -0.39 is 0 Å². The van der Waals surface area contributed by atoms with Crippen molar-refractivity contribution in [1.29, 1.82) is 0 Å². The van der Waals surface area contributed by atoms with Gasteiger partial charge < -0.3 is 4.74 Å². The molecule has 1 saturated heterocycles. The molecule has 0 bridgehead atoms. The van der Waals surface area contributed by atoms with Gasteiger partial charge in [0, 0.05) is 5.02 Å². The van der Waals surface area contributed by atoms with Gasteiger partial charge in [-0.2, -0.15) is 0 Å². The molecule has 1 fully saturated rings. The molecule has 0 aromatic heterocycles. The number of benzene rings is 3. The lowest BCUT2D eigenvalue weighted by Gasteiger charge is -2.14. The molecule has 3 nitrogen and oxygen atoms in total. The Bertz CT molecular complexity index is 1170. The zero-order valence-electron chi connectivity index (χ0n) is 16.6. The molecule has 3 aromatic carbocycles. The van der Waals surface area contributed by atoms with Crippen LogP contribution in [0.4, 0.5) is 5.69 Å². The number of ether oxygens (including phenoxy) is 1. The van der Waals surface area contributed by atoms with Gasteiger partial charge in [0.25, 0.3) is 5.91 Å². The van der Waals surface area contributed by atoms with Crippen molar-refractivity contribution in [3.8, 4) is 5.75 Å². The summed E-state index contributed by atoms with van der Waals surface area (Å²) < 4.78 is 5.70. The molecule has 4 rings (SSSR count). The summed E-state index contributed by atoms with van der Waals surface area (Å²) in [5.41, 5.74) is 3.61. The Hall–Kier alpha value is -2.86. The van der Waals surface area contributed by atoms with Crippen LogP contribution in [-0.2, 0) is 4.79 Å². The third kappa shape index (κ3) is 4.90. The molecule has 1 aliphatic rings. The molecule has 31 heavy (non-hydrogen) atoms. The van der Waals surface area contributed by atoms with E-state index in [1.807, 2.05) is 91.0 Å². The molecular formula is C25H18ClNO2S2. The number of amides is 1. The number of carbonyl (C=O) groups excluding carboxylic acids is 1. The van der Waals surface area contributed by atoms with Crippen LogP contribution in [0.15, 0.2) is 89.8 Å². The van der Waals surface area contributed by atoms with Crippen LogP contribution in [0.3, 0.4) is 0 Å². The Labute approximate surface area is 196 Å². The minimum Gasteiger partial charge on any atom is -0.497 e. The lowest BCUT2D eigenvalue weighted by Crippen LogP contribution is -2.27. The van der Waals surface area contributed by atoms with Gasteiger partial charge in [-0.15, -0.1) is 0 Å². The topological polar surface area (TPSA) is 29.5 Å². The van der Waals surface area contributed by atoms with Gasteiger partial charge in [-0.05, 0) is 65.3 Å². The predicted molar refractivity (Wildman–Crippen MR) is 135 cm³/mol. The number of carbonyl (C=O) groups is 1. The van der Waals surface area contributed by atoms with Gasteiger partial charge in [-0.25, -0.2) is 0 Å². The highest BCUT2D eigenvalue weighted by Crippen LogP contribution is 2.37. The summed E-state index contributed by atoms with van der Waals surface area (Å²) in [6, 6.07) is 24.8. The summed E-state index contributed by atoms with van der Waals surface area (Å²) in [4.78, 5) is 15.3. The molecule has 6 heteroatoms. The van der Waals surface area contributed by atoms with Crippen LogP contribution in [0.5, 0.6) is 5.75 Å². The number of allylic oxidation sites excluding steroid dienone is 2. The first-order chi connectivity index (χ1) is 15.0. The molecule has 1 aliphatic heterocycles. The second-order valence-electron chi connectivity index (χ2n) is 6.73. The summed E-state index contributed by atoms with van der Waals surface area (Å²) >= 11 is 12.9. The smallest absolute Gasteiger partial charge is 0.270 e. The zero-order chi connectivity index (χ0) is 21.8. The standard InChI is InChI=1S/C25H18ClNO2S2/c1-29-22-13-11-21(12-14-22)27-24(28)23(31-25(27)30)16-19(15-17-5-3-2-4-6-17)18-7-9-20(26)10-8-18/h2-16H,1H3/b19-15-,23-16-. The molecule has 0 N–H and O–H groups in total. The number of hydrogen-bond donors (Lipinski definition) is 0. The van der Waals surface area contributed by atoms with E-state index in [1.54, 1.807) is 12.0 Å². The molecule has 154 valence electrons. The van der Waals surface area contributed by atoms with E-state index in [0.717, 1.165) is 22.4 Å². The largest absolute Gasteiger partial charge is 0.497 e. The van der Waals surface area contributed by atoms with Crippen molar-refractivity contribution >= 4 is 63.1 Å². The molecule has 0 aliphatic carbocycles. The summed E-state index contributed by atoms with van der Waals surface area (Å²) in [7, 11) is 1.61. The van der Waals surface area contributed by atoms with E-state index in [-0.39, 0.29) is 5.91 Å². The fourth-order valence-electron chi connectivity index (χ4n) is 3.14. The molecule has 0 unspecified atom stereocenters. The molecule has 0 saturated carbocycles. The minimum atomic E-state index is -0.145. The number of thiocarbonyl (C=S) groups is 1. The Morgan fingerprint density at radius 1 is 1.00 bits per heavy atom. The van der Waals surface area contributed by atoms with Gasteiger partial charge in [0.15, 0.2) is 4.32 Å². The monoisotopic (exact) mass is 463 g/mol. The Kier molecular flexibility index (Phi) is 6.56. The fraction of sp³-hybridized carbons (Fsp3) is 0.0400. The van der Waals surface area contributed by atoms with Crippen molar-refractivity contribution in [3.63, 3.8) is 0 Å². The van der Waals surface area contributed by atoms with Gasteiger partial charge >= 0.3 is 0 Å². The highest BCUT2D eigenvalue weighted by Gasteiger charge is 2.33. The van der Waals surface area contributed by atoms with E-state index >= 15 is 0 Å². The molecule has 1 amide bonds. The van der Waals surface area contributed by atoms with E-state index in [4.69, 9.17) is 28.6 Å². The van der Waals surface area contributed by atoms with E-state index in [0.29, 0.717) is 19.9 Å². The highest BCUT2D eigenvalue weighted by atomic mass is 35.5. The number of rotatable bonds is 5. The number of hydrogen-bond acceptors (Lipinski definition) is 4. The average Bonchev–Trinajstić information content (AvgIpc) is 3.07. The second kappa shape index (κ2) is 9.52. The first kappa shape index (κ1) is 21.4. The molecule has 0 spiro atoms. The lowest BCUT2D eigenvalue weighted by atomic mass is 10.0. The molecule has 0 atom stereocenters. The first-order valence-electron chi connectivity index (χ1n) is 9.50. The van der Waals surface area contributed by atoms with Crippen LogP contribution in [-0.4, -0.2) is 17.3 Å². The van der Waals surface area contributed by atoms with Crippen molar-refractivity contribution in [2.45, 2.75) is 0 Å². The minimum absolute atomic E-state index is 0.145. The fourth-order valence-corrected chi connectivity index (χ4v) is 4.56. The molecule has 3 aromatic rings. The molecular weight excluding hydrogens is 446 g/mol. The SMILES string of the molecule is COc1ccc(N2C(=O)/C(=C/C(=C/c3ccccc3)c3ccc(Cl)cc3)SC2=S)cc1. The third-order valence-electron chi connectivity index (χ3n) is 4.71. The summed E-state index contributed by atoms with van der Waals surface area (Å²) in [6.07, 6.45) is 3.93. The second-order valence-corrected chi connectivity index (χ2v) is 8.84. The van der Waals surface area contributed by atoms with Gasteiger partial charge in [0.05, 0.1) is 17.7 Å². The van der Waals surface area contributed by atoms with Crippen LogP contribution >= 0.6 is 35.6 Å². The zero-order valence-corrected chi connectivity index (χ0v) is 19.0. The van der Waals surface area contributed by atoms with Gasteiger partial charge in [-0.1, -0.05) is 78.0 Å². The summed E-state index contributed by atoms with van der Waals surface area (Å²) in [5.74, 6) is 0.577. The normalized spacial score (nSPS) is 15.6. The maximum Gasteiger partial charge on any atom is 0.270 e. The Morgan fingerprint density at radius 3 is 2.32 bits per heavy atom. The van der Waals surface area contributed by atoms with Crippen molar-refractivity contribution in [1.82, 2.24) is 0 Å². The Morgan fingerprint density at radius 2 is 1.68 bits per heavy atom. The molecule has 1 heterocycles. The lowest BCUT2D eigenvalue weighted by molar-refractivity contribution is -0.113. The number of thioether (sulfide) groups is 1. The maximum absolute atomic E-state index is 13.2. The first-order valence-corrected chi connectivity index (χ1v) is 11.1. The number of methoxy groups -OCH3 is 1. The van der Waals surface area contributed by atoms with Crippen LogP contribution < -0.4 is 9.64 Å². The van der Waals surface area contributed by atoms with E-state index in [1.165, 1.54) is 11.8 Å². The van der Waals surface area contributed by atoms with Crippen LogP contribution in [0, 0.1) is 0 Å². The molecule has 0 radical (unpaired) electrons. The van der Waals surface area contributed by atoms with Crippen LogP contribution in [0.2, 0.25) is 5.02 Å². The number of anilines is 1.